The van der Waals surface area contributed by atoms with Crippen LogP contribution in [0.1, 0.15) is 271 Å². The van der Waals surface area contributed by atoms with Crippen LogP contribution in [-0.2, 0) is 28.6 Å². The molecule has 0 rings (SSSR count). The zero-order valence-electron chi connectivity index (χ0n) is 52.7. The van der Waals surface area contributed by atoms with E-state index in [1.54, 1.807) is 0 Å². The van der Waals surface area contributed by atoms with Crippen LogP contribution >= 0.6 is 0 Å². The van der Waals surface area contributed by atoms with Crippen molar-refractivity contribution in [2.75, 3.05) is 13.2 Å². The van der Waals surface area contributed by atoms with E-state index in [2.05, 4.69) is 191 Å². The lowest BCUT2D eigenvalue weighted by molar-refractivity contribution is -0.167. The summed E-state index contributed by atoms with van der Waals surface area (Å²) in [7, 11) is 0. The summed E-state index contributed by atoms with van der Waals surface area (Å²) in [5.41, 5.74) is 0. The SMILES string of the molecule is CC/C=C\C/C=C\C/C=C\C/C=C\C/C=C\C/C=C\C/C=C\CCCC(=O)OC(COC(=O)CCCCCCC/C=C\CCCCCCC)COC(=O)CCCCCCCCCC/C=C\C/C=C\C/C=C\C/C=C\C/C=C\C/C=C\CC. The fourth-order valence-corrected chi connectivity index (χ4v) is 8.55. The molecule has 6 heteroatoms. The molecule has 0 aromatic carbocycles. The summed E-state index contributed by atoms with van der Waals surface area (Å²) in [6, 6.07) is 0. The minimum Gasteiger partial charge on any atom is -0.462 e. The van der Waals surface area contributed by atoms with Crippen LogP contribution in [0.15, 0.2) is 170 Å². The number of carbonyl (C=O) groups excluding carboxylic acids is 3. The maximum atomic E-state index is 12.9. The van der Waals surface area contributed by atoms with Crippen molar-refractivity contribution in [2.24, 2.45) is 0 Å². The Morgan fingerprint density at radius 2 is 0.488 bits per heavy atom. The lowest BCUT2D eigenvalue weighted by atomic mass is 10.1. The Balaban J connectivity index is 4.49. The molecule has 0 fully saturated rings. The van der Waals surface area contributed by atoms with Gasteiger partial charge in [0, 0.05) is 19.3 Å². The maximum Gasteiger partial charge on any atom is 0.306 e. The van der Waals surface area contributed by atoms with Gasteiger partial charge >= 0.3 is 17.9 Å². The van der Waals surface area contributed by atoms with E-state index >= 15 is 0 Å². The number of hydrogen-bond acceptors (Lipinski definition) is 6. The second-order valence-electron chi connectivity index (χ2n) is 21.3. The second kappa shape index (κ2) is 68.3. The minimum atomic E-state index is -0.826. The minimum absolute atomic E-state index is 0.115. The lowest BCUT2D eigenvalue weighted by Gasteiger charge is -2.18. The molecule has 0 saturated carbocycles. The molecular weight excluding hydrogens is 1010 g/mol. The van der Waals surface area contributed by atoms with Crippen molar-refractivity contribution in [2.45, 2.75) is 277 Å². The van der Waals surface area contributed by atoms with Gasteiger partial charge in [0.15, 0.2) is 6.10 Å². The highest BCUT2D eigenvalue weighted by molar-refractivity contribution is 5.71. The average molecular weight is 1130 g/mol. The standard InChI is InChI=1S/C76H120O6/c1-4-7-10-13-16-19-22-25-28-30-32-34-36-37-38-39-41-42-44-46-48-51-54-57-60-63-66-69-75(78)81-72-73(71-80-74(77)68-65-62-59-56-53-50-27-24-21-18-15-12-9-6-3)82-76(79)70-67-64-61-58-55-52-49-47-45-43-40-35-33-31-29-26-23-20-17-14-11-8-5-2/h7-8,10-11,16-17,19-20,24-29,32-35,37-38,41-43,45,49,52,58,61,73H,4-6,9,12-15,18,21-23,30-31,36,39-40,44,46-48,50-51,53-57,59-60,62-72H2,1-3H3/b10-7-,11-8-,19-16-,20-17-,27-24-,28-25-,29-26-,34-32-,35-33-,38-37-,42-41-,45-43-,52-49-,61-58-. The first-order valence-electron chi connectivity index (χ1n) is 33.1. The summed E-state index contributed by atoms with van der Waals surface area (Å²) in [6.07, 6.45) is 101. The number of ether oxygens (including phenoxy) is 3. The molecule has 0 N–H and O–H groups in total. The molecule has 460 valence electrons. The van der Waals surface area contributed by atoms with Gasteiger partial charge in [-0.15, -0.1) is 0 Å². The van der Waals surface area contributed by atoms with E-state index in [1.807, 2.05) is 0 Å². The summed E-state index contributed by atoms with van der Waals surface area (Å²) in [5.74, 6) is -0.995. The van der Waals surface area contributed by atoms with Crippen molar-refractivity contribution < 1.29 is 28.6 Å². The smallest absolute Gasteiger partial charge is 0.306 e. The Labute approximate surface area is 504 Å². The summed E-state index contributed by atoms with van der Waals surface area (Å²) in [4.78, 5) is 38.4. The normalized spacial score (nSPS) is 13.3. The third-order valence-electron chi connectivity index (χ3n) is 13.4. The van der Waals surface area contributed by atoms with Gasteiger partial charge < -0.3 is 14.2 Å². The first-order chi connectivity index (χ1) is 40.5. The number of rotatable bonds is 58. The van der Waals surface area contributed by atoms with Crippen molar-refractivity contribution in [1.82, 2.24) is 0 Å². The van der Waals surface area contributed by atoms with Gasteiger partial charge in [-0.05, 0) is 148 Å². The molecule has 0 amide bonds. The van der Waals surface area contributed by atoms with Crippen LogP contribution in [0.2, 0.25) is 0 Å². The van der Waals surface area contributed by atoms with Crippen LogP contribution in [0.3, 0.4) is 0 Å². The highest BCUT2D eigenvalue weighted by Crippen LogP contribution is 2.14. The fourth-order valence-electron chi connectivity index (χ4n) is 8.55. The van der Waals surface area contributed by atoms with E-state index in [1.165, 1.54) is 77.0 Å². The number of unbranched alkanes of at least 4 members (excludes halogenated alkanes) is 19. The van der Waals surface area contributed by atoms with Crippen LogP contribution in [0.5, 0.6) is 0 Å². The van der Waals surface area contributed by atoms with Gasteiger partial charge in [-0.3, -0.25) is 14.4 Å². The topological polar surface area (TPSA) is 78.9 Å². The molecule has 0 aromatic rings. The van der Waals surface area contributed by atoms with Gasteiger partial charge in [0.05, 0.1) is 0 Å². The molecular formula is C76H120O6. The molecule has 1 atom stereocenters. The summed E-state index contributed by atoms with van der Waals surface area (Å²) in [5, 5.41) is 0. The van der Waals surface area contributed by atoms with Crippen molar-refractivity contribution in [3.05, 3.63) is 170 Å². The first kappa shape index (κ1) is 76.8. The zero-order valence-corrected chi connectivity index (χ0v) is 52.7. The van der Waals surface area contributed by atoms with Gasteiger partial charge in [0.1, 0.15) is 13.2 Å². The molecule has 1 unspecified atom stereocenters. The van der Waals surface area contributed by atoms with Crippen molar-refractivity contribution >= 4 is 17.9 Å². The molecule has 0 radical (unpaired) electrons. The van der Waals surface area contributed by atoms with E-state index in [-0.39, 0.29) is 37.5 Å². The molecule has 0 aliphatic carbocycles. The number of hydrogen-bond donors (Lipinski definition) is 0. The Bertz CT molecular complexity index is 1870. The Hall–Kier alpha value is -5.23. The highest BCUT2D eigenvalue weighted by atomic mass is 16.6. The van der Waals surface area contributed by atoms with E-state index in [0.717, 1.165) is 148 Å². The highest BCUT2D eigenvalue weighted by Gasteiger charge is 2.19. The van der Waals surface area contributed by atoms with E-state index in [0.29, 0.717) is 19.3 Å². The molecule has 0 bridgehead atoms. The molecule has 0 aliphatic rings. The summed E-state index contributed by atoms with van der Waals surface area (Å²) in [6.45, 7) is 6.34. The van der Waals surface area contributed by atoms with Crippen LogP contribution in [0, 0.1) is 0 Å². The predicted molar refractivity (Wildman–Crippen MR) is 357 cm³/mol. The zero-order chi connectivity index (χ0) is 59.2. The van der Waals surface area contributed by atoms with E-state index in [9.17, 15) is 14.4 Å². The van der Waals surface area contributed by atoms with E-state index < -0.39 is 6.10 Å². The molecule has 6 nitrogen and oxygen atoms in total. The number of carbonyl (C=O) groups is 3. The largest absolute Gasteiger partial charge is 0.462 e. The molecule has 0 aliphatic heterocycles. The third-order valence-corrected chi connectivity index (χ3v) is 13.4. The monoisotopic (exact) mass is 1130 g/mol. The fraction of sp³-hybridized carbons (Fsp3) is 0.592. The van der Waals surface area contributed by atoms with Gasteiger partial charge in [-0.2, -0.15) is 0 Å². The first-order valence-corrected chi connectivity index (χ1v) is 33.1. The van der Waals surface area contributed by atoms with Crippen LogP contribution in [-0.4, -0.2) is 37.2 Å². The van der Waals surface area contributed by atoms with Gasteiger partial charge in [0.2, 0.25) is 0 Å². The second-order valence-corrected chi connectivity index (χ2v) is 21.3. The molecule has 0 heterocycles. The van der Waals surface area contributed by atoms with E-state index in [4.69, 9.17) is 14.2 Å². The van der Waals surface area contributed by atoms with Gasteiger partial charge in [0.25, 0.3) is 0 Å². The molecule has 82 heavy (non-hydrogen) atoms. The van der Waals surface area contributed by atoms with Crippen molar-refractivity contribution in [3.63, 3.8) is 0 Å². The van der Waals surface area contributed by atoms with Crippen LogP contribution < -0.4 is 0 Å². The number of esters is 3. The molecule has 0 aromatic heterocycles. The molecule has 0 saturated heterocycles. The summed E-state index contributed by atoms with van der Waals surface area (Å²) >= 11 is 0. The van der Waals surface area contributed by atoms with Crippen molar-refractivity contribution in [1.29, 1.82) is 0 Å². The molecule has 0 spiro atoms. The Morgan fingerprint density at radius 3 is 0.793 bits per heavy atom. The Kier molecular flexibility index (Phi) is 63.9. The Morgan fingerprint density at radius 1 is 0.256 bits per heavy atom. The lowest BCUT2D eigenvalue weighted by Crippen LogP contribution is -2.30. The number of allylic oxidation sites excluding steroid dienone is 28. The maximum absolute atomic E-state index is 12.9. The predicted octanol–water partition coefficient (Wildman–Crippen LogP) is 23.0. The van der Waals surface area contributed by atoms with Crippen LogP contribution in [0.25, 0.3) is 0 Å². The average Bonchev–Trinajstić information content (AvgIpc) is 3.47. The van der Waals surface area contributed by atoms with Crippen LogP contribution in [0.4, 0.5) is 0 Å². The van der Waals surface area contributed by atoms with Gasteiger partial charge in [-0.1, -0.05) is 274 Å². The quantitative estimate of drug-likeness (QED) is 0.0261. The van der Waals surface area contributed by atoms with Crippen molar-refractivity contribution in [3.8, 4) is 0 Å². The van der Waals surface area contributed by atoms with Gasteiger partial charge in [-0.25, -0.2) is 0 Å². The third kappa shape index (κ3) is 65.6. The summed E-state index contributed by atoms with van der Waals surface area (Å²) < 4.78 is 16.9.